The van der Waals surface area contributed by atoms with Crippen LogP contribution in [-0.4, -0.2) is 49.0 Å². The van der Waals surface area contributed by atoms with Crippen molar-refractivity contribution < 1.29 is 104 Å². The minimum atomic E-state index is 0. The predicted octanol–water partition coefficient (Wildman–Crippen LogP) is 14.9. The molecule has 0 unspecified atom stereocenters. The monoisotopic (exact) mass is 1980 g/mol. The van der Waals surface area contributed by atoms with E-state index >= 15 is 0 Å². The molecule has 13 aromatic rings. The smallest absolute Gasteiger partial charge is 0.0606 e. The van der Waals surface area contributed by atoms with Crippen molar-refractivity contribution in [2.24, 2.45) is 17.8 Å². The van der Waals surface area contributed by atoms with Crippen LogP contribution in [0.5, 0.6) is 0 Å². The van der Waals surface area contributed by atoms with E-state index in [2.05, 4.69) is 197 Å². The first-order chi connectivity index (χ1) is 37.5. The Balaban J connectivity index is 0.000000158. The number of aromatic nitrogens is 8. The number of rotatable bonds is 1. The number of allylic oxidation sites excluding steroid dienone is 1. The zero-order valence-corrected chi connectivity index (χ0v) is 57.9. The number of benzene rings is 5. The van der Waals surface area contributed by atoms with Crippen molar-refractivity contribution in [1.29, 1.82) is 0 Å². The summed E-state index contributed by atoms with van der Waals surface area (Å²) in [5.41, 5.74) is 12.1. The molecular weight excluding hydrogens is 1920 g/mol. The molecule has 1 fully saturated rings. The molecule has 82 heavy (non-hydrogen) atoms. The maximum Gasteiger partial charge on any atom is 0.0606 e. The van der Waals surface area contributed by atoms with Crippen LogP contribution < -0.4 is 4.90 Å². The third-order valence-electron chi connectivity index (χ3n) is 14.9. The molecule has 8 aromatic heterocycles. The molecule has 15 heteroatoms. The molecule has 0 saturated heterocycles. The number of pyridine rings is 4. The van der Waals surface area contributed by atoms with Crippen molar-refractivity contribution in [2.75, 3.05) is 11.4 Å². The zero-order chi connectivity index (χ0) is 53.2. The Bertz CT molecular complexity index is 4230. The summed E-state index contributed by atoms with van der Waals surface area (Å²) in [6, 6.07) is 52.9. The topological polar surface area (TPSA) is 75.7 Å². The number of imidazole rings is 4. The number of nitrogens with zero attached hydrogens (tertiary/aromatic N) is 10. The van der Waals surface area contributed by atoms with E-state index in [1.165, 1.54) is 44.1 Å². The van der Waals surface area contributed by atoms with E-state index in [1.54, 1.807) is 0 Å². The molecule has 0 atom stereocenters. The summed E-state index contributed by atoms with van der Waals surface area (Å²) in [4.78, 5) is 21.9. The van der Waals surface area contributed by atoms with Crippen LogP contribution in [0.3, 0.4) is 0 Å². The summed E-state index contributed by atoms with van der Waals surface area (Å²) in [5, 5.41) is 9.11. The van der Waals surface area contributed by atoms with Gasteiger partial charge in [0.15, 0.2) is 0 Å². The van der Waals surface area contributed by atoms with Crippen LogP contribution in [0.15, 0.2) is 183 Å². The first-order valence-electron chi connectivity index (χ1n) is 26.3. The van der Waals surface area contributed by atoms with E-state index in [9.17, 15) is 0 Å². The van der Waals surface area contributed by atoms with Gasteiger partial charge in [-0.25, -0.2) is 0 Å². The Morgan fingerprint density at radius 1 is 0.537 bits per heavy atom. The van der Waals surface area contributed by atoms with Gasteiger partial charge < -0.3 is 27.4 Å². The number of para-hydroxylation sites is 1. The van der Waals surface area contributed by atoms with Gasteiger partial charge in [-0.15, -0.1) is 151 Å². The number of anilines is 1. The quantitative estimate of drug-likeness (QED) is 0.152. The number of hydrogen-bond acceptors (Lipinski definition) is 6. The van der Waals surface area contributed by atoms with Gasteiger partial charge in [0.05, 0.1) is 22.6 Å². The van der Waals surface area contributed by atoms with Crippen LogP contribution in [-0.2, 0) is 104 Å². The molecule has 16 rings (SSSR count). The molecule has 2 aliphatic heterocycles. The van der Waals surface area contributed by atoms with E-state index in [0.717, 1.165) is 85.5 Å². The Morgan fingerprint density at radius 2 is 1.09 bits per heavy atom. The predicted molar refractivity (Wildman–Crippen MR) is 314 cm³/mol. The Kier molecular flexibility index (Phi) is 23.4. The summed E-state index contributed by atoms with van der Waals surface area (Å²) >= 11 is 0. The van der Waals surface area contributed by atoms with Crippen molar-refractivity contribution >= 4 is 77.4 Å². The fourth-order valence-corrected chi connectivity index (χ4v) is 9.92. The van der Waals surface area contributed by atoms with Crippen LogP contribution in [0, 0.1) is 82.4 Å². The van der Waals surface area contributed by atoms with E-state index in [-0.39, 0.29) is 104 Å². The molecule has 0 bridgehead atoms. The SMILES string of the molecule is CC1C(C)C1C.CCN1C=C2C=Cc3ccc[c-]c3N2[CH-]1.Cc1c[c-]c2c(ccn3ccnc23)c1.Cc1cc2ccc[c-]c2c2nccn12.Cc1cn2ccc3ccc[c-]c3c2n1.Cc1cnc2c3[c-]cccc3ccn12.[Ir].[Pt].[Pt].[Pt].[Pt]. The summed E-state index contributed by atoms with van der Waals surface area (Å²) < 4.78 is 8.21. The average Bonchev–Trinajstić information content (AvgIpc) is 4.40. The molecule has 0 amide bonds. The average molecular weight is 1980 g/mol. The van der Waals surface area contributed by atoms with Crippen molar-refractivity contribution in [2.45, 2.75) is 55.4 Å². The fraction of sp³-hybridized carbons (Fsp3) is 0.179. The maximum atomic E-state index is 4.47. The Hall–Kier alpha value is -5.62. The van der Waals surface area contributed by atoms with Gasteiger partial charge in [0.2, 0.25) is 0 Å². The van der Waals surface area contributed by atoms with Crippen LogP contribution in [0.1, 0.15) is 55.9 Å². The van der Waals surface area contributed by atoms with Crippen molar-refractivity contribution in [1.82, 2.24) is 42.4 Å². The minimum absolute atomic E-state index is 0. The molecule has 1 aliphatic carbocycles. The van der Waals surface area contributed by atoms with E-state index in [1.807, 2.05) is 126 Å². The molecule has 1 saturated carbocycles. The van der Waals surface area contributed by atoms with E-state index in [0.29, 0.717) is 0 Å². The normalized spacial score (nSPS) is 14.9. The molecule has 10 nitrogen and oxygen atoms in total. The van der Waals surface area contributed by atoms with Crippen LogP contribution in [0.25, 0.3) is 71.8 Å². The molecule has 433 valence electrons. The Morgan fingerprint density at radius 3 is 1.78 bits per heavy atom. The van der Waals surface area contributed by atoms with Crippen LogP contribution >= 0.6 is 0 Å². The minimum Gasteiger partial charge on any atom is -0.508 e. The van der Waals surface area contributed by atoms with Gasteiger partial charge >= 0.3 is 0 Å². The molecular formula is C67H60IrN10Pt4-6. The van der Waals surface area contributed by atoms with Gasteiger partial charge in [0.1, 0.15) is 0 Å². The summed E-state index contributed by atoms with van der Waals surface area (Å²) in [5.74, 6) is 3.06. The zero-order valence-electron chi connectivity index (χ0n) is 46.4. The molecule has 0 N–H and O–H groups in total. The second-order valence-corrected chi connectivity index (χ2v) is 20.0. The van der Waals surface area contributed by atoms with Gasteiger partial charge in [0, 0.05) is 164 Å². The Labute approximate surface area is 551 Å². The fourth-order valence-electron chi connectivity index (χ4n) is 9.92. The standard InChI is InChI=1S/C13H12N2.4C12H9N2.C6H12.Ir.4Pt/c1-2-14-9-12-8-7-11-5-3-4-6-13(11)15(12)10-14;1-9-2-3-11-10(8-9)4-6-14-7-5-13-12(11)14;1-9-8-10-4-2-3-5-11(10)12-13-6-7-14(9)12;1-9-8-14-7-6-10-4-2-3-5-11(10)12(14)13-9;1-9-8-13-12-11-5-3-2-4-10(11)6-7-14(9)12;1-4-5(2)6(4)3;;;;;/h3-5,7-10H,2H2,1H3;2,4-8H,1H3;3*2-4,6-8H,1H3;4-6H,1-3H3;;;;;/q-2;4*-1;;;;;;. The van der Waals surface area contributed by atoms with Crippen molar-refractivity contribution in [3.8, 4) is 0 Å². The van der Waals surface area contributed by atoms with Crippen molar-refractivity contribution in [3.63, 3.8) is 0 Å². The second-order valence-electron chi connectivity index (χ2n) is 20.0. The van der Waals surface area contributed by atoms with Gasteiger partial charge in [-0.05, 0) is 69.9 Å². The molecule has 5 aromatic carbocycles. The summed E-state index contributed by atoms with van der Waals surface area (Å²) in [6.45, 7) is 20.4. The van der Waals surface area contributed by atoms with E-state index < -0.39 is 0 Å². The summed E-state index contributed by atoms with van der Waals surface area (Å²) in [6.07, 6.45) is 24.0. The molecule has 10 heterocycles. The number of aryl methyl sites for hydroxylation is 4. The molecule has 0 spiro atoms. The molecule has 3 aliphatic rings. The van der Waals surface area contributed by atoms with Crippen LogP contribution in [0.4, 0.5) is 5.69 Å². The third kappa shape index (κ3) is 14.1. The second kappa shape index (κ2) is 29.3. The first kappa shape index (κ1) is 65.5. The largest absolute Gasteiger partial charge is 0.508 e. The van der Waals surface area contributed by atoms with Gasteiger partial charge in [-0.3, -0.25) is 19.9 Å². The number of fused-ring (bicyclic) bond motifs is 15. The molecule has 1 radical (unpaired) electrons. The van der Waals surface area contributed by atoms with E-state index in [4.69, 9.17) is 0 Å². The third-order valence-corrected chi connectivity index (χ3v) is 14.9. The maximum absolute atomic E-state index is 4.47. The number of hydrogen-bond donors (Lipinski definition) is 0. The van der Waals surface area contributed by atoms with Gasteiger partial charge in [-0.2, -0.15) is 30.9 Å². The first-order valence-corrected chi connectivity index (χ1v) is 26.3. The van der Waals surface area contributed by atoms with Crippen LogP contribution in [0.2, 0.25) is 0 Å². The van der Waals surface area contributed by atoms with Crippen molar-refractivity contribution in [3.05, 3.63) is 248 Å². The summed E-state index contributed by atoms with van der Waals surface area (Å²) in [7, 11) is 0. The van der Waals surface area contributed by atoms with Gasteiger partial charge in [-0.1, -0.05) is 70.6 Å². The van der Waals surface area contributed by atoms with Gasteiger partial charge in [0.25, 0.3) is 0 Å².